The van der Waals surface area contributed by atoms with Gasteiger partial charge in [-0.05, 0) is 13.3 Å². The number of nitrogens with one attached hydrogen (secondary N) is 1. The maximum Gasteiger partial charge on any atom is 0.139 e. The van der Waals surface area contributed by atoms with Gasteiger partial charge in [0.25, 0.3) is 0 Å². The molecule has 0 aliphatic rings. The van der Waals surface area contributed by atoms with Crippen LogP contribution in [0.2, 0.25) is 0 Å². The van der Waals surface area contributed by atoms with Gasteiger partial charge in [-0.3, -0.25) is 0 Å². The summed E-state index contributed by atoms with van der Waals surface area (Å²) in [6, 6.07) is 0. The van der Waals surface area contributed by atoms with Crippen molar-refractivity contribution in [2.75, 3.05) is 6.61 Å². The van der Waals surface area contributed by atoms with Gasteiger partial charge in [0.05, 0.1) is 6.61 Å². The molecule has 0 aliphatic carbocycles. The summed E-state index contributed by atoms with van der Waals surface area (Å²) in [5, 5.41) is 0. The third kappa shape index (κ3) is 2.00. The maximum atomic E-state index is 5.40. The Morgan fingerprint density at radius 1 is 1.36 bits per heavy atom. The van der Waals surface area contributed by atoms with Crippen LogP contribution in [0.15, 0.2) is 12.4 Å². The zero-order valence-corrected chi connectivity index (χ0v) is 7.18. The van der Waals surface area contributed by atoms with Crippen molar-refractivity contribution in [3.05, 3.63) is 18.0 Å². The van der Waals surface area contributed by atoms with Gasteiger partial charge in [-0.25, -0.2) is 0 Å². The normalized spacial score (nSPS) is 10.0. The molecule has 2 nitrogen and oxygen atoms in total. The molecule has 0 radical (unpaired) electrons. The minimum atomic E-state index is 0.745. The quantitative estimate of drug-likeness (QED) is 0.705. The van der Waals surface area contributed by atoms with E-state index in [1.165, 1.54) is 5.56 Å². The molecule has 1 heterocycles. The Bertz CT molecular complexity index is 185. The number of rotatable bonds is 4. The molecule has 0 atom stereocenters. The lowest BCUT2D eigenvalue weighted by atomic mass is 10.2. The predicted octanol–water partition coefficient (Wildman–Crippen LogP) is 2.37. The summed E-state index contributed by atoms with van der Waals surface area (Å²) in [6.45, 7) is 4.92. The Kier molecular flexibility index (Phi) is 3.02. The van der Waals surface area contributed by atoms with Crippen molar-refractivity contribution >= 4 is 0 Å². The smallest absolute Gasteiger partial charge is 0.139 e. The van der Waals surface area contributed by atoms with E-state index in [4.69, 9.17) is 4.74 Å². The molecule has 1 rings (SSSR count). The summed E-state index contributed by atoms with van der Waals surface area (Å²) in [5.74, 6) is 1.01. The molecule has 0 aliphatic heterocycles. The van der Waals surface area contributed by atoms with Crippen LogP contribution in [-0.4, -0.2) is 11.6 Å². The van der Waals surface area contributed by atoms with Crippen LogP contribution >= 0.6 is 0 Å². The molecule has 0 bridgehead atoms. The SMILES string of the molecule is CCCc1c[nH]cc1OCC. The first kappa shape index (κ1) is 8.18. The number of ether oxygens (including phenoxy) is 1. The summed E-state index contributed by atoms with van der Waals surface area (Å²) < 4.78 is 5.40. The average Bonchev–Trinajstić information content (AvgIpc) is 2.39. The molecule has 62 valence electrons. The number of aryl methyl sites for hydroxylation is 1. The largest absolute Gasteiger partial charge is 0.492 e. The minimum absolute atomic E-state index is 0.745. The zero-order chi connectivity index (χ0) is 8.10. The summed E-state index contributed by atoms with van der Waals surface area (Å²) >= 11 is 0. The van der Waals surface area contributed by atoms with Crippen LogP contribution in [0.1, 0.15) is 25.8 Å². The molecule has 2 heteroatoms. The van der Waals surface area contributed by atoms with Gasteiger partial charge < -0.3 is 9.72 Å². The van der Waals surface area contributed by atoms with Gasteiger partial charge in [0, 0.05) is 18.0 Å². The monoisotopic (exact) mass is 153 g/mol. The van der Waals surface area contributed by atoms with E-state index in [0.29, 0.717) is 0 Å². The number of aromatic amines is 1. The third-order valence-electron chi connectivity index (χ3n) is 1.61. The van der Waals surface area contributed by atoms with Crippen molar-refractivity contribution < 1.29 is 4.74 Å². The lowest BCUT2D eigenvalue weighted by Gasteiger charge is -2.01. The van der Waals surface area contributed by atoms with E-state index < -0.39 is 0 Å². The Labute approximate surface area is 67.6 Å². The summed E-state index contributed by atoms with van der Waals surface area (Å²) in [4.78, 5) is 3.04. The van der Waals surface area contributed by atoms with Crippen molar-refractivity contribution in [2.45, 2.75) is 26.7 Å². The topological polar surface area (TPSA) is 25.0 Å². The van der Waals surface area contributed by atoms with Gasteiger partial charge in [-0.15, -0.1) is 0 Å². The molecule has 0 spiro atoms. The minimum Gasteiger partial charge on any atom is -0.492 e. The van der Waals surface area contributed by atoms with Gasteiger partial charge in [0.2, 0.25) is 0 Å². The first-order valence-corrected chi connectivity index (χ1v) is 4.17. The summed E-state index contributed by atoms with van der Waals surface area (Å²) in [5.41, 5.74) is 1.29. The number of H-pyrrole nitrogens is 1. The molecule has 0 saturated carbocycles. The van der Waals surface area contributed by atoms with Gasteiger partial charge in [0.15, 0.2) is 0 Å². The van der Waals surface area contributed by atoms with Crippen LogP contribution < -0.4 is 4.74 Å². The van der Waals surface area contributed by atoms with E-state index in [1.54, 1.807) is 0 Å². The number of hydrogen-bond acceptors (Lipinski definition) is 1. The summed E-state index contributed by atoms with van der Waals surface area (Å²) in [6.07, 6.45) is 6.18. The van der Waals surface area contributed by atoms with Crippen LogP contribution in [0, 0.1) is 0 Å². The molecule has 0 unspecified atom stereocenters. The molecular weight excluding hydrogens is 138 g/mol. The molecule has 0 fully saturated rings. The van der Waals surface area contributed by atoms with Crippen LogP contribution in [0.25, 0.3) is 0 Å². The van der Waals surface area contributed by atoms with Crippen LogP contribution in [0.5, 0.6) is 5.75 Å². The Morgan fingerprint density at radius 3 is 2.82 bits per heavy atom. The molecule has 0 aromatic carbocycles. The molecule has 1 N–H and O–H groups in total. The second-order valence-corrected chi connectivity index (χ2v) is 2.53. The van der Waals surface area contributed by atoms with E-state index >= 15 is 0 Å². The predicted molar refractivity (Wildman–Crippen MR) is 46.0 cm³/mol. The van der Waals surface area contributed by atoms with Crippen LogP contribution in [0.4, 0.5) is 0 Å². The lowest BCUT2D eigenvalue weighted by Crippen LogP contribution is -1.92. The fourth-order valence-corrected chi connectivity index (χ4v) is 1.14. The Hall–Kier alpha value is -0.920. The van der Waals surface area contributed by atoms with Gasteiger partial charge in [0.1, 0.15) is 5.75 Å². The van der Waals surface area contributed by atoms with Crippen molar-refractivity contribution in [1.82, 2.24) is 4.98 Å². The van der Waals surface area contributed by atoms with Crippen molar-refractivity contribution in [2.24, 2.45) is 0 Å². The first-order chi connectivity index (χ1) is 5.38. The molecule has 0 saturated heterocycles. The highest BCUT2D eigenvalue weighted by Crippen LogP contribution is 2.18. The average molecular weight is 153 g/mol. The number of aromatic nitrogens is 1. The molecule has 1 aromatic rings. The van der Waals surface area contributed by atoms with Crippen LogP contribution in [-0.2, 0) is 6.42 Å². The fourth-order valence-electron chi connectivity index (χ4n) is 1.14. The van der Waals surface area contributed by atoms with Crippen molar-refractivity contribution in [3.63, 3.8) is 0 Å². The standard InChI is InChI=1S/C9H15NO/c1-3-5-8-6-10-7-9(8)11-4-2/h6-7,10H,3-5H2,1-2H3. The van der Waals surface area contributed by atoms with E-state index in [0.717, 1.165) is 25.2 Å². The third-order valence-corrected chi connectivity index (χ3v) is 1.61. The second-order valence-electron chi connectivity index (χ2n) is 2.53. The lowest BCUT2D eigenvalue weighted by molar-refractivity contribution is 0.337. The zero-order valence-electron chi connectivity index (χ0n) is 7.18. The molecular formula is C9H15NO. The highest BCUT2D eigenvalue weighted by Gasteiger charge is 2.01. The summed E-state index contributed by atoms with van der Waals surface area (Å²) in [7, 11) is 0. The maximum absolute atomic E-state index is 5.40. The first-order valence-electron chi connectivity index (χ1n) is 4.17. The van der Waals surface area contributed by atoms with Crippen molar-refractivity contribution in [1.29, 1.82) is 0 Å². The highest BCUT2D eigenvalue weighted by atomic mass is 16.5. The van der Waals surface area contributed by atoms with Gasteiger partial charge >= 0.3 is 0 Å². The van der Waals surface area contributed by atoms with E-state index in [9.17, 15) is 0 Å². The second kappa shape index (κ2) is 4.06. The Morgan fingerprint density at radius 2 is 2.18 bits per heavy atom. The number of hydrogen-bond donors (Lipinski definition) is 1. The van der Waals surface area contributed by atoms with E-state index in [2.05, 4.69) is 11.9 Å². The van der Waals surface area contributed by atoms with Crippen LogP contribution in [0.3, 0.4) is 0 Å². The molecule has 11 heavy (non-hydrogen) atoms. The van der Waals surface area contributed by atoms with Gasteiger partial charge in [-0.2, -0.15) is 0 Å². The fraction of sp³-hybridized carbons (Fsp3) is 0.556. The van der Waals surface area contributed by atoms with Gasteiger partial charge in [-0.1, -0.05) is 13.3 Å². The van der Waals surface area contributed by atoms with E-state index in [1.807, 2.05) is 19.3 Å². The molecule has 1 aromatic heterocycles. The highest BCUT2D eigenvalue weighted by molar-refractivity contribution is 5.29. The van der Waals surface area contributed by atoms with E-state index in [-0.39, 0.29) is 0 Å². The Balaban J connectivity index is 2.62. The molecule has 0 amide bonds. The van der Waals surface area contributed by atoms with Crippen molar-refractivity contribution in [3.8, 4) is 5.75 Å².